The van der Waals surface area contributed by atoms with Crippen LogP contribution in [-0.2, 0) is 0 Å². The van der Waals surface area contributed by atoms with Crippen LogP contribution in [0.5, 0.6) is 5.75 Å². The smallest absolute Gasteiger partial charge is 0.273 e. The molecule has 5 heteroatoms. The molecule has 0 unspecified atom stereocenters. The van der Waals surface area contributed by atoms with Gasteiger partial charge in [-0.1, -0.05) is 28.6 Å². The van der Waals surface area contributed by atoms with Gasteiger partial charge in [-0.3, -0.25) is 10.1 Å². The van der Waals surface area contributed by atoms with Crippen LogP contribution in [0.2, 0.25) is 0 Å². The van der Waals surface area contributed by atoms with Crippen molar-refractivity contribution in [1.29, 1.82) is 0 Å². The Bertz CT molecular complexity index is 365. The van der Waals surface area contributed by atoms with E-state index in [9.17, 15) is 10.1 Å². The first-order chi connectivity index (χ1) is 6.59. The fourth-order valence-corrected chi connectivity index (χ4v) is 0.963. The van der Waals surface area contributed by atoms with Crippen molar-refractivity contribution in [2.24, 2.45) is 0 Å². The summed E-state index contributed by atoms with van der Waals surface area (Å²) in [6.45, 7) is 3.88. The van der Waals surface area contributed by atoms with Crippen LogP contribution in [-0.4, -0.2) is 11.5 Å². The molecule has 1 aromatic carbocycles. The highest BCUT2D eigenvalue weighted by Crippen LogP contribution is 2.19. The van der Waals surface area contributed by atoms with E-state index in [1.54, 1.807) is 12.1 Å². The number of nitrogens with zero attached hydrogens (tertiary/aromatic N) is 1. The molecule has 0 aromatic heterocycles. The lowest BCUT2D eigenvalue weighted by atomic mass is 10.3. The van der Waals surface area contributed by atoms with Crippen molar-refractivity contribution in [3.8, 4) is 5.75 Å². The largest absolute Gasteiger partial charge is 0.488 e. The average Bonchev–Trinajstić information content (AvgIpc) is 2.15. The van der Waals surface area contributed by atoms with Gasteiger partial charge in [-0.15, -0.1) is 0 Å². The molecule has 0 spiro atoms. The molecule has 0 bridgehead atoms. The van der Waals surface area contributed by atoms with Crippen LogP contribution in [0.3, 0.4) is 0 Å². The molecule has 0 aliphatic carbocycles. The van der Waals surface area contributed by atoms with Gasteiger partial charge in [-0.05, 0) is 6.07 Å². The zero-order chi connectivity index (χ0) is 10.6. The maximum absolute atomic E-state index is 10.4. The predicted molar refractivity (Wildman–Crippen MR) is 56.7 cm³/mol. The van der Waals surface area contributed by atoms with Crippen LogP contribution in [0.15, 0.2) is 35.3 Å². The third-order valence-corrected chi connectivity index (χ3v) is 1.65. The minimum atomic E-state index is -0.462. The van der Waals surface area contributed by atoms with Gasteiger partial charge in [0.1, 0.15) is 12.4 Å². The molecule has 14 heavy (non-hydrogen) atoms. The molecule has 0 atom stereocenters. The molecule has 4 nitrogen and oxygen atoms in total. The maximum Gasteiger partial charge on any atom is 0.273 e. The topological polar surface area (TPSA) is 52.4 Å². The van der Waals surface area contributed by atoms with Crippen LogP contribution in [0, 0.1) is 10.1 Å². The zero-order valence-electron chi connectivity index (χ0n) is 7.27. The van der Waals surface area contributed by atoms with E-state index < -0.39 is 4.92 Å². The Hall–Kier alpha value is -1.36. The van der Waals surface area contributed by atoms with Crippen LogP contribution >= 0.6 is 15.9 Å². The number of nitro groups is 1. The van der Waals surface area contributed by atoms with Gasteiger partial charge in [-0.25, -0.2) is 0 Å². The first-order valence-corrected chi connectivity index (χ1v) is 4.59. The second kappa shape index (κ2) is 4.76. The molecule has 0 amide bonds. The predicted octanol–water partition coefficient (Wildman–Crippen LogP) is 2.88. The molecule has 0 aliphatic rings. The lowest BCUT2D eigenvalue weighted by Crippen LogP contribution is -1.96. The van der Waals surface area contributed by atoms with Crippen molar-refractivity contribution in [3.63, 3.8) is 0 Å². The molecular formula is C9H8BrNO3. The Morgan fingerprint density at radius 1 is 1.64 bits per heavy atom. The second-order valence-corrected chi connectivity index (χ2v) is 3.68. The van der Waals surface area contributed by atoms with Crippen LogP contribution in [0.1, 0.15) is 0 Å². The number of rotatable bonds is 4. The molecule has 74 valence electrons. The molecule has 1 aromatic rings. The van der Waals surface area contributed by atoms with Gasteiger partial charge in [-0.2, -0.15) is 0 Å². The molecule has 0 N–H and O–H groups in total. The molecule has 0 saturated heterocycles. The maximum atomic E-state index is 10.4. The number of benzene rings is 1. The number of halogens is 1. The van der Waals surface area contributed by atoms with E-state index >= 15 is 0 Å². The lowest BCUT2D eigenvalue weighted by Gasteiger charge is -2.03. The molecule has 0 heterocycles. The normalized spacial score (nSPS) is 9.50. The molecule has 1 rings (SSSR count). The van der Waals surface area contributed by atoms with Gasteiger partial charge < -0.3 is 4.74 Å². The number of hydrogen-bond acceptors (Lipinski definition) is 3. The van der Waals surface area contributed by atoms with E-state index in [1.165, 1.54) is 12.1 Å². The van der Waals surface area contributed by atoms with E-state index in [2.05, 4.69) is 22.5 Å². The fourth-order valence-electron chi connectivity index (χ4n) is 0.849. The summed E-state index contributed by atoms with van der Waals surface area (Å²) in [6, 6.07) is 6.01. The quantitative estimate of drug-likeness (QED) is 0.616. The fraction of sp³-hybridized carbons (Fsp3) is 0.111. The lowest BCUT2D eigenvalue weighted by molar-refractivity contribution is -0.384. The molecule has 0 saturated carbocycles. The highest BCUT2D eigenvalue weighted by Gasteiger charge is 2.05. The van der Waals surface area contributed by atoms with Crippen molar-refractivity contribution >= 4 is 21.6 Å². The van der Waals surface area contributed by atoms with Crippen molar-refractivity contribution < 1.29 is 9.66 Å². The molecule has 0 fully saturated rings. The van der Waals surface area contributed by atoms with E-state index in [4.69, 9.17) is 4.74 Å². The molecule has 0 aliphatic heterocycles. The van der Waals surface area contributed by atoms with E-state index in [0.29, 0.717) is 16.8 Å². The molecular weight excluding hydrogens is 250 g/mol. The van der Waals surface area contributed by atoms with Crippen molar-refractivity contribution in [2.45, 2.75) is 0 Å². The van der Waals surface area contributed by atoms with Gasteiger partial charge in [0.15, 0.2) is 0 Å². The summed E-state index contributed by atoms with van der Waals surface area (Å²) in [5.74, 6) is 0.458. The Morgan fingerprint density at radius 2 is 2.36 bits per heavy atom. The SMILES string of the molecule is C=C(Br)COc1cccc([N+](=O)[O-])c1. The highest BCUT2D eigenvalue weighted by atomic mass is 79.9. The summed E-state index contributed by atoms with van der Waals surface area (Å²) in [6.07, 6.45) is 0. The summed E-state index contributed by atoms with van der Waals surface area (Å²) in [5.41, 5.74) is 0.0164. The van der Waals surface area contributed by atoms with E-state index in [1.807, 2.05) is 0 Å². The third kappa shape index (κ3) is 3.18. The standard InChI is InChI=1S/C9H8BrNO3/c1-7(10)6-14-9-4-2-3-8(5-9)11(12)13/h2-5H,1,6H2. The van der Waals surface area contributed by atoms with Crippen molar-refractivity contribution in [2.75, 3.05) is 6.61 Å². The van der Waals surface area contributed by atoms with Gasteiger partial charge in [0, 0.05) is 10.5 Å². The van der Waals surface area contributed by atoms with Crippen molar-refractivity contribution in [3.05, 3.63) is 45.4 Å². The van der Waals surface area contributed by atoms with Crippen LogP contribution in [0.4, 0.5) is 5.69 Å². The van der Waals surface area contributed by atoms with Crippen LogP contribution < -0.4 is 4.74 Å². The number of non-ortho nitro benzene ring substituents is 1. The van der Waals surface area contributed by atoms with Crippen molar-refractivity contribution in [1.82, 2.24) is 0 Å². The Morgan fingerprint density at radius 3 is 2.93 bits per heavy atom. The van der Waals surface area contributed by atoms with Gasteiger partial charge in [0.25, 0.3) is 5.69 Å². The Kier molecular flexibility index (Phi) is 3.64. The zero-order valence-corrected chi connectivity index (χ0v) is 8.86. The van der Waals surface area contributed by atoms with E-state index in [-0.39, 0.29) is 5.69 Å². The summed E-state index contributed by atoms with van der Waals surface area (Å²) in [5, 5.41) is 10.4. The summed E-state index contributed by atoms with van der Waals surface area (Å²) in [4.78, 5) is 9.95. The number of nitro benzene ring substituents is 1. The van der Waals surface area contributed by atoms with Gasteiger partial charge >= 0.3 is 0 Å². The summed E-state index contributed by atoms with van der Waals surface area (Å²) in [7, 11) is 0. The first kappa shape index (κ1) is 10.7. The van der Waals surface area contributed by atoms with Crippen LogP contribution in [0.25, 0.3) is 0 Å². The first-order valence-electron chi connectivity index (χ1n) is 3.80. The van der Waals surface area contributed by atoms with Gasteiger partial charge in [0.2, 0.25) is 0 Å². The minimum Gasteiger partial charge on any atom is -0.488 e. The average molecular weight is 258 g/mol. The Balaban J connectivity index is 2.73. The Labute approximate surface area is 89.5 Å². The highest BCUT2D eigenvalue weighted by molar-refractivity contribution is 9.11. The minimum absolute atomic E-state index is 0.0164. The monoisotopic (exact) mass is 257 g/mol. The number of hydrogen-bond donors (Lipinski definition) is 0. The summed E-state index contributed by atoms with van der Waals surface area (Å²) < 4.78 is 5.89. The third-order valence-electron chi connectivity index (χ3n) is 1.42. The van der Waals surface area contributed by atoms with E-state index in [0.717, 1.165) is 0 Å². The van der Waals surface area contributed by atoms with Gasteiger partial charge in [0.05, 0.1) is 11.0 Å². The number of ether oxygens (including phenoxy) is 1. The second-order valence-electron chi connectivity index (χ2n) is 2.56. The molecule has 0 radical (unpaired) electrons. The summed E-state index contributed by atoms with van der Waals surface area (Å²) >= 11 is 3.13.